The smallest absolute Gasteiger partial charge is 0.122 e. The van der Waals surface area contributed by atoms with Crippen LogP contribution in [0.2, 0.25) is 5.02 Å². The maximum atomic E-state index is 5.97. The number of benzene rings is 1. The number of rotatable bonds is 6. The summed E-state index contributed by atoms with van der Waals surface area (Å²) in [6, 6.07) is 10.2. The zero-order valence-electron chi connectivity index (χ0n) is 12.2. The third-order valence-electron chi connectivity index (χ3n) is 3.45. The lowest BCUT2D eigenvalue weighted by atomic mass is 10.1. The van der Waals surface area contributed by atoms with Gasteiger partial charge < -0.3 is 9.73 Å². The number of halogens is 1. The molecule has 0 saturated heterocycles. The van der Waals surface area contributed by atoms with E-state index in [1.165, 1.54) is 11.1 Å². The van der Waals surface area contributed by atoms with E-state index in [1.54, 1.807) is 6.26 Å². The second-order valence-corrected chi connectivity index (χ2v) is 5.63. The molecule has 0 bridgehead atoms. The number of hydrogen-bond donors (Lipinski definition) is 1. The minimum atomic E-state index is 0.234. The van der Waals surface area contributed by atoms with Crippen molar-refractivity contribution >= 4 is 11.6 Å². The number of nitrogens with zero attached hydrogens (tertiary/aromatic N) is 1. The third-order valence-corrected chi connectivity index (χ3v) is 3.69. The van der Waals surface area contributed by atoms with Crippen molar-refractivity contribution in [1.82, 2.24) is 10.2 Å². The highest BCUT2D eigenvalue weighted by Crippen LogP contribution is 2.18. The van der Waals surface area contributed by atoms with Gasteiger partial charge in [-0.3, -0.25) is 4.90 Å². The molecule has 1 aromatic carbocycles. The van der Waals surface area contributed by atoms with Gasteiger partial charge in [0.2, 0.25) is 0 Å². The molecule has 0 aliphatic heterocycles. The summed E-state index contributed by atoms with van der Waals surface area (Å²) in [5.74, 6) is 0.982. The molecule has 3 nitrogen and oxygen atoms in total. The molecular weight excluding hydrogens is 272 g/mol. The van der Waals surface area contributed by atoms with Crippen LogP contribution in [0.15, 0.2) is 41.0 Å². The van der Waals surface area contributed by atoms with Crippen molar-refractivity contribution in [3.63, 3.8) is 0 Å². The molecule has 108 valence electrons. The fourth-order valence-electron chi connectivity index (χ4n) is 2.22. The maximum Gasteiger partial charge on any atom is 0.122 e. The van der Waals surface area contributed by atoms with Crippen molar-refractivity contribution < 1.29 is 4.42 Å². The number of aryl methyl sites for hydroxylation is 1. The summed E-state index contributed by atoms with van der Waals surface area (Å²) in [5, 5.41) is 4.27. The van der Waals surface area contributed by atoms with Crippen molar-refractivity contribution in [3.8, 4) is 0 Å². The summed E-state index contributed by atoms with van der Waals surface area (Å²) in [4.78, 5) is 2.15. The predicted molar refractivity (Wildman–Crippen MR) is 83.0 cm³/mol. The number of likely N-dealkylation sites (N-methyl/N-ethyl adjacent to an activating group) is 1. The van der Waals surface area contributed by atoms with Crippen molar-refractivity contribution in [1.29, 1.82) is 0 Å². The van der Waals surface area contributed by atoms with E-state index in [0.29, 0.717) is 0 Å². The molecule has 0 spiro atoms. The van der Waals surface area contributed by atoms with Crippen molar-refractivity contribution in [2.45, 2.75) is 19.5 Å². The Hall–Kier alpha value is -1.29. The summed E-state index contributed by atoms with van der Waals surface area (Å²) in [7, 11) is 4.12. The van der Waals surface area contributed by atoms with E-state index in [4.69, 9.17) is 16.0 Å². The van der Waals surface area contributed by atoms with Crippen LogP contribution in [0.1, 0.15) is 22.9 Å². The molecule has 0 fully saturated rings. The molecule has 0 saturated carbocycles. The Morgan fingerprint density at radius 2 is 2.10 bits per heavy atom. The summed E-state index contributed by atoms with van der Waals surface area (Å²) < 4.78 is 5.50. The minimum absolute atomic E-state index is 0.234. The van der Waals surface area contributed by atoms with Gasteiger partial charge in [-0.25, -0.2) is 0 Å². The van der Waals surface area contributed by atoms with E-state index in [2.05, 4.69) is 37.3 Å². The first kappa shape index (κ1) is 15.1. The van der Waals surface area contributed by atoms with Crippen LogP contribution in [0, 0.1) is 6.92 Å². The number of furan rings is 1. The summed E-state index contributed by atoms with van der Waals surface area (Å²) >= 11 is 5.97. The molecule has 2 rings (SSSR count). The highest BCUT2D eigenvalue weighted by molar-refractivity contribution is 6.30. The van der Waals surface area contributed by atoms with Crippen LogP contribution in [0.5, 0.6) is 0 Å². The van der Waals surface area contributed by atoms with Gasteiger partial charge in [-0.05, 0) is 56.4 Å². The van der Waals surface area contributed by atoms with Crippen LogP contribution < -0.4 is 5.32 Å². The van der Waals surface area contributed by atoms with Gasteiger partial charge in [0, 0.05) is 18.1 Å². The molecule has 4 heteroatoms. The first-order chi connectivity index (χ1) is 9.58. The predicted octanol–water partition coefficient (Wildman–Crippen LogP) is 3.63. The Balaban J connectivity index is 1.94. The Bertz CT molecular complexity index is 537. The maximum absolute atomic E-state index is 5.97. The van der Waals surface area contributed by atoms with Crippen LogP contribution in [0.25, 0.3) is 0 Å². The lowest BCUT2D eigenvalue weighted by molar-refractivity contribution is 0.250. The molecule has 0 aliphatic rings. The highest BCUT2D eigenvalue weighted by Gasteiger charge is 2.16. The van der Waals surface area contributed by atoms with Gasteiger partial charge in [-0.2, -0.15) is 0 Å². The Labute approximate surface area is 125 Å². The van der Waals surface area contributed by atoms with Gasteiger partial charge in [-0.15, -0.1) is 0 Å². The van der Waals surface area contributed by atoms with Crippen LogP contribution >= 0.6 is 11.6 Å². The van der Waals surface area contributed by atoms with Gasteiger partial charge in [0.05, 0.1) is 12.3 Å². The fourth-order valence-corrected chi connectivity index (χ4v) is 2.45. The standard InChI is InChI=1S/C16H21ClN2O/c1-12-9-14(17)7-6-13(12)10-18-11-15(19(2)3)16-5-4-8-20-16/h4-9,15,18H,10-11H2,1-3H3. The molecule has 1 aromatic heterocycles. The SMILES string of the molecule is Cc1cc(Cl)ccc1CNCC(c1ccco1)N(C)C. The van der Waals surface area contributed by atoms with Crippen LogP contribution in [-0.2, 0) is 6.54 Å². The van der Waals surface area contributed by atoms with E-state index in [1.807, 2.05) is 24.3 Å². The third kappa shape index (κ3) is 3.85. The van der Waals surface area contributed by atoms with Gasteiger partial charge in [-0.1, -0.05) is 17.7 Å². The molecule has 1 atom stereocenters. The second-order valence-electron chi connectivity index (χ2n) is 5.20. The average Bonchev–Trinajstić information content (AvgIpc) is 2.90. The first-order valence-corrected chi connectivity index (χ1v) is 7.11. The lowest BCUT2D eigenvalue weighted by Gasteiger charge is -2.23. The Morgan fingerprint density at radius 1 is 1.30 bits per heavy atom. The molecular formula is C16H21ClN2O. The zero-order valence-corrected chi connectivity index (χ0v) is 12.9. The van der Waals surface area contributed by atoms with Crippen LogP contribution in [0.4, 0.5) is 0 Å². The molecule has 1 heterocycles. The Morgan fingerprint density at radius 3 is 2.70 bits per heavy atom. The van der Waals surface area contributed by atoms with Crippen molar-refractivity contribution in [2.24, 2.45) is 0 Å². The highest BCUT2D eigenvalue weighted by atomic mass is 35.5. The van der Waals surface area contributed by atoms with Crippen molar-refractivity contribution in [3.05, 3.63) is 58.5 Å². The summed E-state index contributed by atoms with van der Waals surface area (Å²) in [5.41, 5.74) is 2.48. The van der Waals surface area contributed by atoms with Gasteiger partial charge in [0.15, 0.2) is 0 Å². The quantitative estimate of drug-likeness (QED) is 0.881. The largest absolute Gasteiger partial charge is 0.468 e. The molecule has 0 amide bonds. The van der Waals surface area contributed by atoms with E-state index >= 15 is 0 Å². The van der Waals surface area contributed by atoms with E-state index in [9.17, 15) is 0 Å². The first-order valence-electron chi connectivity index (χ1n) is 6.73. The second kappa shape index (κ2) is 6.93. The van der Waals surface area contributed by atoms with Crippen molar-refractivity contribution in [2.75, 3.05) is 20.6 Å². The monoisotopic (exact) mass is 292 g/mol. The molecule has 1 unspecified atom stereocenters. The van der Waals surface area contributed by atoms with Crippen LogP contribution in [-0.4, -0.2) is 25.5 Å². The van der Waals surface area contributed by atoms with Crippen LogP contribution in [0.3, 0.4) is 0 Å². The summed E-state index contributed by atoms with van der Waals surface area (Å²) in [6.45, 7) is 3.75. The molecule has 2 aromatic rings. The zero-order chi connectivity index (χ0) is 14.5. The van der Waals surface area contributed by atoms with Gasteiger partial charge >= 0.3 is 0 Å². The molecule has 20 heavy (non-hydrogen) atoms. The molecule has 1 N–H and O–H groups in total. The van der Waals surface area contributed by atoms with E-state index in [-0.39, 0.29) is 6.04 Å². The fraction of sp³-hybridized carbons (Fsp3) is 0.375. The molecule has 0 aliphatic carbocycles. The van der Waals surface area contributed by atoms with E-state index < -0.39 is 0 Å². The number of nitrogens with one attached hydrogen (secondary N) is 1. The summed E-state index contributed by atoms with van der Waals surface area (Å²) in [6.07, 6.45) is 1.72. The number of hydrogen-bond acceptors (Lipinski definition) is 3. The van der Waals surface area contributed by atoms with Gasteiger partial charge in [0.1, 0.15) is 5.76 Å². The minimum Gasteiger partial charge on any atom is -0.468 e. The topological polar surface area (TPSA) is 28.4 Å². The van der Waals surface area contributed by atoms with Gasteiger partial charge in [0.25, 0.3) is 0 Å². The van der Waals surface area contributed by atoms with E-state index in [0.717, 1.165) is 23.9 Å². The normalized spacial score (nSPS) is 12.8. The average molecular weight is 293 g/mol. The molecule has 0 radical (unpaired) electrons. The lowest BCUT2D eigenvalue weighted by Crippen LogP contribution is -2.30. The Kier molecular flexibility index (Phi) is 5.24.